The third-order valence-corrected chi connectivity index (χ3v) is 3.55. The topological polar surface area (TPSA) is 29.1 Å². The lowest BCUT2D eigenvalue weighted by molar-refractivity contribution is 0.0951. The van der Waals surface area contributed by atoms with Crippen LogP contribution in [0.3, 0.4) is 0 Å². The fourth-order valence-electron chi connectivity index (χ4n) is 1.89. The van der Waals surface area contributed by atoms with Crippen LogP contribution in [0.4, 0.5) is 0 Å². The first-order valence-corrected chi connectivity index (χ1v) is 7.19. The number of hydrogen-bond donors (Lipinski definition) is 1. The van der Waals surface area contributed by atoms with E-state index in [0.29, 0.717) is 17.1 Å². The molecule has 1 N–H and O–H groups in total. The highest BCUT2D eigenvalue weighted by molar-refractivity contribution is 6.31. The molecule has 0 spiro atoms. The van der Waals surface area contributed by atoms with Crippen molar-refractivity contribution in [3.8, 4) is 0 Å². The van der Waals surface area contributed by atoms with E-state index in [1.54, 1.807) is 18.2 Å². The molecule has 0 aromatic heterocycles. The predicted octanol–water partition coefficient (Wildman–Crippen LogP) is 4.42. The Morgan fingerprint density at radius 2 is 2.00 bits per heavy atom. The third kappa shape index (κ3) is 5.42. The number of amides is 1. The minimum absolute atomic E-state index is 0.0663. The van der Waals surface area contributed by atoms with E-state index in [9.17, 15) is 4.79 Å². The molecule has 1 aromatic carbocycles. The molecule has 1 unspecified atom stereocenters. The molecule has 1 amide bonds. The molecule has 0 saturated heterocycles. The van der Waals surface area contributed by atoms with Gasteiger partial charge in [-0.25, -0.2) is 0 Å². The predicted molar refractivity (Wildman–Crippen MR) is 82.2 cm³/mol. The number of rotatable bonds is 4. The van der Waals surface area contributed by atoms with E-state index in [4.69, 9.17) is 23.2 Å². The molecular formula is C15H21Cl2NO. The number of carbonyl (C=O) groups excluding carboxylic acids is 1. The summed E-state index contributed by atoms with van der Waals surface area (Å²) in [7, 11) is 0. The molecule has 4 heteroatoms. The standard InChI is InChI=1S/C15H21Cl2NO/c1-10-12(6-5-7-13(10)17)14(19)18-9-11(16)8-15(2,3)4/h5-7,11H,8-9H2,1-4H3,(H,18,19). The minimum Gasteiger partial charge on any atom is -0.351 e. The van der Waals surface area contributed by atoms with Gasteiger partial charge in [0, 0.05) is 17.1 Å². The van der Waals surface area contributed by atoms with E-state index in [0.717, 1.165) is 12.0 Å². The Labute approximate surface area is 125 Å². The highest BCUT2D eigenvalue weighted by Gasteiger charge is 2.18. The summed E-state index contributed by atoms with van der Waals surface area (Å²) in [5.41, 5.74) is 1.55. The Hall–Kier alpha value is -0.730. The van der Waals surface area contributed by atoms with E-state index in [1.165, 1.54) is 0 Å². The van der Waals surface area contributed by atoms with Gasteiger partial charge in [0.05, 0.1) is 5.38 Å². The summed E-state index contributed by atoms with van der Waals surface area (Å²) in [4.78, 5) is 12.1. The van der Waals surface area contributed by atoms with Crippen molar-refractivity contribution in [1.82, 2.24) is 5.32 Å². The SMILES string of the molecule is Cc1c(Cl)cccc1C(=O)NCC(Cl)CC(C)(C)C. The van der Waals surface area contributed by atoms with Gasteiger partial charge in [-0.05, 0) is 36.5 Å². The van der Waals surface area contributed by atoms with E-state index in [2.05, 4.69) is 26.1 Å². The molecule has 0 heterocycles. The Bertz CT molecular complexity index is 452. The molecule has 0 aliphatic carbocycles. The van der Waals surface area contributed by atoms with Gasteiger partial charge in [-0.1, -0.05) is 38.4 Å². The van der Waals surface area contributed by atoms with Crippen LogP contribution in [-0.4, -0.2) is 17.8 Å². The quantitative estimate of drug-likeness (QED) is 0.819. The second kappa shape index (κ2) is 6.62. The van der Waals surface area contributed by atoms with Crippen molar-refractivity contribution in [3.05, 3.63) is 34.3 Å². The number of benzene rings is 1. The molecule has 0 radical (unpaired) electrons. The summed E-state index contributed by atoms with van der Waals surface area (Å²) >= 11 is 12.2. The summed E-state index contributed by atoms with van der Waals surface area (Å²) < 4.78 is 0. The van der Waals surface area contributed by atoms with E-state index in [-0.39, 0.29) is 16.7 Å². The smallest absolute Gasteiger partial charge is 0.251 e. The van der Waals surface area contributed by atoms with Crippen molar-refractivity contribution in [1.29, 1.82) is 0 Å². The monoisotopic (exact) mass is 301 g/mol. The molecule has 19 heavy (non-hydrogen) atoms. The van der Waals surface area contributed by atoms with Crippen molar-refractivity contribution in [3.63, 3.8) is 0 Å². The average molecular weight is 302 g/mol. The van der Waals surface area contributed by atoms with Gasteiger partial charge >= 0.3 is 0 Å². The van der Waals surface area contributed by atoms with Crippen LogP contribution >= 0.6 is 23.2 Å². The van der Waals surface area contributed by atoms with Crippen LogP contribution in [0.5, 0.6) is 0 Å². The number of hydrogen-bond acceptors (Lipinski definition) is 1. The van der Waals surface area contributed by atoms with Gasteiger partial charge in [-0.3, -0.25) is 4.79 Å². The molecular weight excluding hydrogens is 281 g/mol. The molecule has 2 nitrogen and oxygen atoms in total. The largest absolute Gasteiger partial charge is 0.351 e. The maximum absolute atomic E-state index is 12.1. The summed E-state index contributed by atoms with van der Waals surface area (Å²) in [5.74, 6) is -0.125. The van der Waals surface area contributed by atoms with Crippen LogP contribution in [-0.2, 0) is 0 Å². The minimum atomic E-state index is -0.125. The van der Waals surface area contributed by atoms with Crippen molar-refractivity contribution in [2.75, 3.05) is 6.54 Å². The summed E-state index contributed by atoms with van der Waals surface area (Å²) in [6.45, 7) is 8.69. The van der Waals surface area contributed by atoms with Gasteiger partial charge in [0.15, 0.2) is 0 Å². The first-order chi connectivity index (χ1) is 8.70. The molecule has 0 bridgehead atoms. The van der Waals surface area contributed by atoms with Crippen LogP contribution in [0, 0.1) is 12.3 Å². The first kappa shape index (κ1) is 16.3. The number of halogens is 2. The molecule has 0 aliphatic heterocycles. The van der Waals surface area contributed by atoms with Crippen LogP contribution in [0.1, 0.15) is 43.1 Å². The Kier molecular flexibility index (Phi) is 5.69. The van der Waals surface area contributed by atoms with Crippen molar-refractivity contribution >= 4 is 29.1 Å². The first-order valence-electron chi connectivity index (χ1n) is 6.38. The second-order valence-electron chi connectivity index (χ2n) is 5.98. The summed E-state index contributed by atoms with van der Waals surface area (Å²) in [6.07, 6.45) is 0.851. The van der Waals surface area contributed by atoms with Crippen molar-refractivity contribution < 1.29 is 4.79 Å². The lowest BCUT2D eigenvalue weighted by Crippen LogP contribution is -2.32. The van der Waals surface area contributed by atoms with Crippen molar-refractivity contribution in [2.24, 2.45) is 5.41 Å². The fraction of sp³-hybridized carbons (Fsp3) is 0.533. The Morgan fingerprint density at radius 3 is 2.58 bits per heavy atom. The highest BCUT2D eigenvalue weighted by Crippen LogP contribution is 2.23. The van der Waals surface area contributed by atoms with Crippen LogP contribution < -0.4 is 5.32 Å². The normalized spacial score (nSPS) is 13.2. The molecule has 1 rings (SSSR count). The highest BCUT2D eigenvalue weighted by atomic mass is 35.5. The average Bonchev–Trinajstić information content (AvgIpc) is 2.27. The molecule has 106 valence electrons. The lowest BCUT2D eigenvalue weighted by atomic mass is 9.90. The van der Waals surface area contributed by atoms with Gasteiger partial charge < -0.3 is 5.32 Å². The maximum Gasteiger partial charge on any atom is 0.251 e. The van der Waals surface area contributed by atoms with Crippen LogP contribution in [0.15, 0.2) is 18.2 Å². The summed E-state index contributed by atoms with van der Waals surface area (Å²) in [6, 6.07) is 5.32. The van der Waals surface area contributed by atoms with Gasteiger partial charge in [0.1, 0.15) is 0 Å². The number of alkyl halides is 1. The molecule has 0 saturated carbocycles. The third-order valence-electron chi connectivity index (χ3n) is 2.83. The van der Waals surface area contributed by atoms with Gasteiger partial charge in [0.25, 0.3) is 5.91 Å². The lowest BCUT2D eigenvalue weighted by Gasteiger charge is -2.22. The second-order valence-corrected chi connectivity index (χ2v) is 7.01. The molecule has 0 aliphatic rings. The fourth-order valence-corrected chi connectivity index (χ4v) is 2.60. The van der Waals surface area contributed by atoms with E-state index >= 15 is 0 Å². The van der Waals surface area contributed by atoms with Crippen molar-refractivity contribution in [2.45, 2.75) is 39.5 Å². The van der Waals surface area contributed by atoms with Gasteiger partial charge in [0.2, 0.25) is 0 Å². The number of carbonyl (C=O) groups is 1. The zero-order chi connectivity index (χ0) is 14.6. The number of nitrogens with one attached hydrogen (secondary N) is 1. The molecule has 1 aromatic rings. The van der Waals surface area contributed by atoms with Gasteiger partial charge in [-0.15, -0.1) is 11.6 Å². The van der Waals surface area contributed by atoms with Gasteiger partial charge in [-0.2, -0.15) is 0 Å². The molecule has 0 fully saturated rings. The maximum atomic E-state index is 12.1. The van der Waals surface area contributed by atoms with Crippen LogP contribution in [0.25, 0.3) is 0 Å². The Balaban J connectivity index is 2.59. The molecule has 1 atom stereocenters. The Morgan fingerprint density at radius 1 is 1.37 bits per heavy atom. The summed E-state index contributed by atoms with van der Waals surface area (Å²) in [5, 5.41) is 3.40. The van der Waals surface area contributed by atoms with Crippen LogP contribution in [0.2, 0.25) is 5.02 Å². The zero-order valence-electron chi connectivity index (χ0n) is 11.9. The van der Waals surface area contributed by atoms with E-state index < -0.39 is 0 Å². The van der Waals surface area contributed by atoms with E-state index in [1.807, 2.05) is 6.92 Å². The zero-order valence-corrected chi connectivity index (χ0v) is 13.4.